The van der Waals surface area contributed by atoms with Crippen LogP contribution in [-0.4, -0.2) is 5.78 Å². The van der Waals surface area contributed by atoms with Gasteiger partial charge in [-0.15, -0.1) is 0 Å². The van der Waals surface area contributed by atoms with Crippen molar-refractivity contribution in [2.45, 2.75) is 58.8 Å². The fourth-order valence-electron chi connectivity index (χ4n) is 2.96. The van der Waals surface area contributed by atoms with E-state index >= 15 is 0 Å². The van der Waals surface area contributed by atoms with Crippen molar-refractivity contribution in [1.82, 2.24) is 0 Å². The van der Waals surface area contributed by atoms with Gasteiger partial charge < -0.3 is 8.83 Å². The van der Waals surface area contributed by atoms with Gasteiger partial charge in [-0.05, 0) is 68.2 Å². The van der Waals surface area contributed by atoms with E-state index in [2.05, 4.69) is 19.9 Å². The molecular weight excluding hydrogens is 300 g/mol. The first-order chi connectivity index (χ1) is 11.6. The van der Waals surface area contributed by atoms with Gasteiger partial charge in [-0.25, -0.2) is 0 Å². The fraction of sp³-hybridized carbons (Fsp3) is 0.476. The van der Waals surface area contributed by atoms with Gasteiger partial charge in [0.25, 0.3) is 0 Å². The molecule has 0 amide bonds. The molecule has 0 saturated carbocycles. The van der Waals surface area contributed by atoms with Crippen LogP contribution in [0.4, 0.5) is 0 Å². The van der Waals surface area contributed by atoms with Gasteiger partial charge >= 0.3 is 0 Å². The Bertz CT molecular complexity index is 606. The second-order valence-corrected chi connectivity index (χ2v) is 6.77. The van der Waals surface area contributed by atoms with Crippen LogP contribution in [-0.2, 0) is 17.6 Å². The molecule has 3 heteroatoms. The van der Waals surface area contributed by atoms with Crippen molar-refractivity contribution in [3.8, 4) is 0 Å². The van der Waals surface area contributed by atoms with Crippen LogP contribution in [0, 0.1) is 5.92 Å². The highest BCUT2D eigenvalue weighted by atomic mass is 16.3. The number of carbonyl (C=O) groups is 1. The highest BCUT2D eigenvalue weighted by Crippen LogP contribution is 2.17. The summed E-state index contributed by atoms with van der Waals surface area (Å²) in [6.45, 7) is 4.22. The first-order valence-electron chi connectivity index (χ1n) is 8.83. The monoisotopic (exact) mass is 328 g/mol. The van der Waals surface area contributed by atoms with Crippen LogP contribution in [0.5, 0.6) is 0 Å². The number of hydrogen-bond donors (Lipinski definition) is 0. The fourth-order valence-corrected chi connectivity index (χ4v) is 2.96. The standard InChI is InChI=1S/C21H28O3/c1-17(5-3-7-19-9-11-23-15-19)13-21(22)14-18(2)6-4-8-20-10-12-24-16-20/h5,9-12,15-16,18H,3-4,6-8,13-14H2,1-2H3/b17-5+/t18-/m0/s1. The second kappa shape index (κ2) is 9.96. The Balaban J connectivity index is 1.60. The third-order valence-electron chi connectivity index (χ3n) is 4.30. The van der Waals surface area contributed by atoms with E-state index in [-0.39, 0.29) is 0 Å². The number of furan rings is 2. The maximum atomic E-state index is 12.2. The smallest absolute Gasteiger partial charge is 0.137 e. The number of allylic oxidation sites excluding steroid dienone is 2. The van der Waals surface area contributed by atoms with E-state index in [1.54, 1.807) is 25.1 Å². The largest absolute Gasteiger partial charge is 0.472 e. The van der Waals surface area contributed by atoms with Crippen LogP contribution in [0.1, 0.15) is 57.1 Å². The molecule has 24 heavy (non-hydrogen) atoms. The lowest BCUT2D eigenvalue weighted by Gasteiger charge is -2.10. The SMILES string of the molecule is C/C(=C\CCc1ccoc1)CC(=O)C[C@@H](C)CCCc1ccoc1. The Morgan fingerprint density at radius 3 is 2.42 bits per heavy atom. The lowest BCUT2D eigenvalue weighted by Crippen LogP contribution is -2.06. The van der Waals surface area contributed by atoms with E-state index in [4.69, 9.17) is 8.83 Å². The van der Waals surface area contributed by atoms with Crippen molar-refractivity contribution in [1.29, 1.82) is 0 Å². The predicted octanol–water partition coefficient (Wildman–Crippen LogP) is 5.76. The Labute approximate surface area is 144 Å². The van der Waals surface area contributed by atoms with E-state index in [1.165, 1.54) is 16.7 Å². The Morgan fingerprint density at radius 1 is 1.12 bits per heavy atom. The summed E-state index contributed by atoms with van der Waals surface area (Å²) in [5.74, 6) is 0.797. The number of carbonyl (C=O) groups excluding carboxylic acids is 1. The lowest BCUT2D eigenvalue weighted by atomic mass is 9.94. The summed E-state index contributed by atoms with van der Waals surface area (Å²) < 4.78 is 10.1. The number of aryl methyl sites for hydroxylation is 2. The van der Waals surface area contributed by atoms with Crippen LogP contribution < -0.4 is 0 Å². The predicted molar refractivity (Wildman–Crippen MR) is 95.8 cm³/mol. The summed E-state index contributed by atoms with van der Waals surface area (Å²) in [5.41, 5.74) is 3.62. The van der Waals surface area contributed by atoms with Gasteiger partial charge in [-0.3, -0.25) is 4.79 Å². The molecule has 0 aliphatic heterocycles. The molecular formula is C21H28O3. The molecule has 1 atom stereocenters. The molecule has 0 N–H and O–H groups in total. The normalized spacial score (nSPS) is 13.2. The summed E-state index contributed by atoms with van der Waals surface area (Å²) in [5, 5.41) is 0. The van der Waals surface area contributed by atoms with Gasteiger partial charge in [0.15, 0.2) is 0 Å². The average Bonchev–Trinajstić information content (AvgIpc) is 3.20. The molecule has 2 heterocycles. The molecule has 0 spiro atoms. The first kappa shape index (κ1) is 18.3. The molecule has 2 aromatic heterocycles. The number of ketones is 1. The minimum Gasteiger partial charge on any atom is -0.472 e. The van der Waals surface area contributed by atoms with Crippen molar-refractivity contribution in [2.75, 3.05) is 0 Å². The van der Waals surface area contributed by atoms with Gasteiger partial charge in [-0.2, -0.15) is 0 Å². The van der Waals surface area contributed by atoms with Gasteiger partial charge in [0.2, 0.25) is 0 Å². The van der Waals surface area contributed by atoms with Gasteiger partial charge in [0.1, 0.15) is 5.78 Å². The molecule has 0 aliphatic carbocycles. The molecule has 2 aromatic rings. The highest BCUT2D eigenvalue weighted by molar-refractivity contribution is 5.80. The van der Waals surface area contributed by atoms with Crippen molar-refractivity contribution >= 4 is 5.78 Å². The zero-order chi connectivity index (χ0) is 17.2. The van der Waals surface area contributed by atoms with E-state index in [1.807, 2.05) is 12.1 Å². The van der Waals surface area contributed by atoms with Crippen LogP contribution in [0.25, 0.3) is 0 Å². The summed E-state index contributed by atoms with van der Waals surface area (Å²) in [6, 6.07) is 3.99. The van der Waals surface area contributed by atoms with Gasteiger partial charge in [0.05, 0.1) is 25.1 Å². The van der Waals surface area contributed by atoms with E-state index < -0.39 is 0 Å². The van der Waals surface area contributed by atoms with E-state index in [9.17, 15) is 4.79 Å². The second-order valence-electron chi connectivity index (χ2n) is 6.77. The van der Waals surface area contributed by atoms with Crippen molar-refractivity contribution in [3.05, 3.63) is 60.0 Å². The Hall–Kier alpha value is -2.03. The lowest BCUT2D eigenvalue weighted by molar-refractivity contribution is -0.119. The first-order valence-corrected chi connectivity index (χ1v) is 8.83. The van der Waals surface area contributed by atoms with E-state index in [0.717, 1.165) is 32.1 Å². The maximum Gasteiger partial charge on any atom is 0.137 e. The van der Waals surface area contributed by atoms with Gasteiger partial charge in [0, 0.05) is 12.8 Å². The summed E-state index contributed by atoms with van der Waals surface area (Å²) in [6.07, 6.45) is 15.6. The zero-order valence-electron chi connectivity index (χ0n) is 14.8. The summed E-state index contributed by atoms with van der Waals surface area (Å²) >= 11 is 0. The van der Waals surface area contributed by atoms with Gasteiger partial charge in [-0.1, -0.05) is 18.6 Å². The van der Waals surface area contributed by atoms with Crippen LogP contribution in [0.3, 0.4) is 0 Å². The van der Waals surface area contributed by atoms with E-state index in [0.29, 0.717) is 24.5 Å². The Morgan fingerprint density at radius 2 is 1.79 bits per heavy atom. The Kier molecular flexibility index (Phi) is 7.60. The molecule has 3 nitrogen and oxygen atoms in total. The summed E-state index contributed by atoms with van der Waals surface area (Å²) in [4.78, 5) is 12.2. The molecule has 2 rings (SSSR count). The average molecular weight is 328 g/mol. The highest BCUT2D eigenvalue weighted by Gasteiger charge is 2.10. The third kappa shape index (κ3) is 7.03. The molecule has 130 valence electrons. The molecule has 0 saturated heterocycles. The number of hydrogen-bond acceptors (Lipinski definition) is 3. The molecule has 0 aromatic carbocycles. The summed E-state index contributed by atoms with van der Waals surface area (Å²) in [7, 11) is 0. The van der Waals surface area contributed by atoms with Crippen molar-refractivity contribution < 1.29 is 13.6 Å². The van der Waals surface area contributed by atoms with Crippen LogP contribution in [0.15, 0.2) is 57.7 Å². The molecule has 0 radical (unpaired) electrons. The minimum atomic E-state index is 0.350. The van der Waals surface area contributed by atoms with Crippen LogP contribution >= 0.6 is 0 Å². The van der Waals surface area contributed by atoms with Crippen molar-refractivity contribution in [2.24, 2.45) is 5.92 Å². The number of rotatable bonds is 11. The quantitative estimate of drug-likeness (QED) is 0.492. The zero-order valence-corrected chi connectivity index (χ0v) is 14.8. The molecule has 0 fully saturated rings. The molecule has 0 unspecified atom stereocenters. The minimum absolute atomic E-state index is 0.350. The third-order valence-corrected chi connectivity index (χ3v) is 4.30. The molecule has 0 bridgehead atoms. The molecule has 0 aliphatic rings. The van der Waals surface area contributed by atoms with Crippen LogP contribution in [0.2, 0.25) is 0 Å². The number of Topliss-reactive ketones (excluding diaryl/α,β-unsaturated/α-hetero) is 1. The maximum absolute atomic E-state index is 12.2. The topological polar surface area (TPSA) is 43.4 Å². The van der Waals surface area contributed by atoms with Crippen molar-refractivity contribution in [3.63, 3.8) is 0 Å².